The molecule has 0 aromatic carbocycles. The Morgan fingerprint density at radius 2 is 1.55 bits per heavy atom. The molecule has 11 heavy (non-hydrogen) atoms. The highest BCUT2D eigenvalue weighted by molar-refractivity contribution is 6.82. The molecule has 0 heterocycles. The van der Waals surface area contributed by atoms with Crippen LogP contribution in [0.25, 0.3) is 0 Å². The molecule has 0 unspecified atom stereocenters. The predicted octanol–water partition coefficient (Wildman–Crippen LogP) is 2.58. The zero-order chi connectivity index (χ0) is 9.12. The minimum Gasteiger partial charge on any atom is -0.436 e. The van der Waals surface area contributed by atoms with E-state index in [9.17, 15) is 0 Å². The van der Waals surface area contributed by atoms with E-state index in [0.717, 1.165) is 6.04 Å². The molecule has 0 N–H and O–H groups in total. The predicted molar refractivity (Wildman–Crippen MR) is 53.5 cm³/mol. The van der Waals surface area contributed by atoms with Crippen molar-refractivity contribution in [3.8, 4) is 0 Å². The molecule has 0 atom stereocenters. The van der Waals surface area contributed by atoms with E-state index in [0.29, 0.717) is 0 Å². The molecule has 0 bridgehead atoms. The van der Waals surface area contributed by atoms with Crippen molar-refractivity contribution < 1.29 is 8.54 Å². The summed E-state index contributed by atoms with van der Waals surface area (Å²) in [4.78, 5) is 0. The van der Waals surface area contributed by atoms with Crippen molar-refractivity contribution in [1.82, 2.24) is 0 Å². The van der Waals surface area contributed by atoms with Gasteiger partial charge in [-0.3, -0.25) is 0 Å². The highest BCUT2D eigenvalue weighted by atomic mass is 28.4. The summed E-state index contributed by atoms with van der Waals surface area (Å²) in [6.45, 7) is 10.8. The highest BCUT2D eigenvalue weighted by Gasteiger charge is 2.32. The summed E-state index contributed by atoms with van der Waals surface area (Å²) < 4.78 is 11.3. The third-order valence-corrected chi connectivity index (χ3v) is 8.73. The highest BCUT2D eigenvalue weighted by Crippen LogP contribution is 2.17. The maximum atomic E-state index is 5.98. The first-order valence-electron chi connectivity index (χ1n) is 4.08. The summed E-state index contributed by atoms with van der Waals surface area (Å²) in [5, 5.41) is 0. The van der Waals surface area contributed by atoms with E-state index in [1.807, 2.05) is 0 Å². The lowest BCUT2D eigenvalue weighted by Gasteiger charge is -2.31. The van der Waals surface area contributed by atoms with Crippen LogP contribution in [0.5, 0.6) is 0 Å². The average Bonchev–Trinajstić information content (AvgIpc) is 1.86. The standard InChI is InChI=1S/C7H20O2Si2/c1-7-10(3,4)9-11(5,6)8-2/h7H2,1-6H3. The van der Waals surface area contributed by atoms with E-state index in [1.165, 1.54) is 0 Å². The molecular formula is C7H20O2Si2. The van der Waals surface area contributed by atoms with Gasteiger partial charge in [-0.05, 0) is 32.2 Å². The lowest BCUT2D eigenvalue weighted by atomic mass is 11.0. The van der Waals surface area contributed by atoms with Crippen LogP contribution in [0, 0.1) is 0 Å². The minimum absolute atomic E-state index is 1.16. The van der Waals surface area contributed by atoms with Crippen molar-refractivity contribution in [2.24, 2.45) is 0 Å². The molecule has 0 aliphatic heterocycles. The molecule has 0 radical (unpaired) electrons. The van der Waals surface area contributed by atoms with Crippen LogP contribution in [0.15, 0.2) is 0 Å². The van der Waals surface area contributed by atoms with Crippen molar-refractivity contribution in [3.05, 3.63) is 0 Å². The molecule has 0 rings (SSSR count). The molecule has 0 saturated carbocycles. The normalized spacial score (nSPS) is 13.6. The van der Waals surface area contributed by atoms with Crippen molar-refractivity contribution in [1.29, 1.82) is 0 Å². The van der Waals surface area contributed by atoms with E-state index < -0.39 is 16.9 Å². The fourth-order valence-electron chi connectivity index (χ4n) is 0.779. The van der Waals surface area contributed by atoms with Crippen LogP contribution in [0.1, 0.15) is 6.92 Å². The van der Waals surface area contributed by atoms with Gasteiger partial charge in [0.25, 0.3) is 0 Å². The van der Waals surface area contributed by atoms with Gasteiger partial charge < -0.3 is 8.54 Å². The van der Waals surface area contributed by atoms with Crippen molar-refractivity contribution in [3.63, 3.8) is 0 Å². The van der Waals surface area contributed by atoms with Gasteiger partial charge in [0.15, 0.2) is 8.32 Å². The van der Waals surface area contributed by atoms with Gasteiger partial charge in [-0.25, -0.2) is 0 Å². The van der Waals surface area contributed by atoms with Gasteiger partial charge in [-0.15, -0.1) is 0 Å². The zero-order valence-electron chi connectivity index (χ0n) is 8.52. The summed E-state index contributed by atoms with van der Waals surface area (Å²) in [6, 6.07) is 1.16. The Labute approximate surface area is 72.3 Å². The Morgan fingerprint density at radius 3 is 1.82 bits per heavy atom. The Kier molecular flexibility index (Phi) is 3.97. The first-order valence-corrected chi connectivity index (χ1v) is 10.0. The van der Waals surface area contributed by atoms with Crippen LogP contribution in [0.2, 0.25) is 32.2 Å². The molecule has 0 aromatic rings. The lowest BCUT2D eigenvalue weighted by Crippen LogP contribution is -2.45. The minimum atomic E-state index is -1.77. The van der Waals surface area contributed by atoms with Gasteiger partial charge >= 0.3 is 8.56 Å². The topological polar surface area (TPSA) is 18.5 Å². The smallest absolute Gasteiger partial charge is 0.321 e. The summed E-state index contributed by atoms with van der Waals surface area (Å²) >= 11 is 0. The van der Waals surface area contributed by atoms with E-state index in [2.05, 4.69) is 33.1 Å². The molecule has 0 aromatic heterocycles. The van der Waals surface area contributed by atoms with Crippen LogP contribution in [0.3, 0.4) is 0 Å². The Balaban J connectivity index is 4.02. The summed E-state index contributed by atoms with van der Waals surface area (Å²) in [6.07, 6.45) is 0. The molecule has 2 nitrogen and oxygen atoms in total. The molecule has 0 fully saturated rings. The van der Waals surface area contributed by atoms with Crippen molar-refractivity contribution in [2.75, 3.05) is 7.11 Å². The molecular weight excluding hydrogens is 172 g/mol. The van der Waals surface area contributed by atoms with E-state index in [4.69, 9.17) is 8.54 Å². The molecule has 4 heteroatoms. The first kappa shape index (κ1) is 11.4. The Morgan fingerprint density at radius 1 is 1.09 bits per heavy atom. The van der Waals surface area contributed by atoms with Crippen LogP contribution in [0.4, 0.5) is 0 Å². The SMILES string of the molecule is CC[Si](C)(C)O[Si](C)(C)OC. The molecule has 0 aliphatic rings. The summed E-state index contributed by atoms with van der Waals surface area (Å²) in [7, 11) is -1.43. The number of hydrogen-bond acceptors (Lipinski definition) is 2. The average molecular weight is 192 g/mol. The first-order chi connectivity index (χ1) is 4.83. The Hall–Kier alpha value is 0.354. The van der Waals surface area contributed by atoms with E-state index in [1.54, 1.807) is 7.11 Å². The third kappa shape index (κ3) is 4.73. The molecule has 68 valence electrons. The van der Waals surface area contributed by atoms with Gasteiger partial charge in [0.05, 0.1) is 0 Å². The van der Waals surface area contributed by atoms with Crippen molar-refractivity contribution in [2.45, 2.75) is 39.2 Å². The van der Waals surface area contributed by atoms with Gasteiger partial charge in [0.1, 0.15) is 0 Å². The number of rotatable bonds is 4. The largest absolute Gasteiger partial charge is 0.436 e. The van der Waals surface area contributed by atoms with E-state index in [-0.39, 0.29) is 0 Å². The molecule has 0 saturated heterocycles. The second-order valence-corrected chi connectivity index (χ2v) is 12.1. The Bertz CT molecular complexity index is 110. The van der Waals surface area contributed by atoms with Crippen molar-refractivity contribution >= 4 is 16.9 Å². The van der Waals surface area contributed by atoms with Gasteiger partial charge in [0.2, 0.25) is 0 Å². The fraction of sp³-hybridized carbons (Fsp3) is 1.00. The lowest BCUT2D eigenvalue weighted by molar-refractivity contribution is 0.310. The summed E-state index contributed by atoms with van der Waals surface area (Å²) in [5.41, 5.74) is 0. The van der Waals surface area contributed by atoms with Crippen LogP contribution in [-0.4, -0.2) is 24.0 Å². The van der Waals surface area contributed by atoms with E-state index >= 15 is 0 Å². The number of hydrogen-bond donors (Lipinski definition) is 0. The van der Waals surface area contributed by atoms with Gasteiger partial charge in [0, 0.05) is 7.11 Å². The monoisotopic (exact) mass is 192 g/mol. The second-order valence-electron chi connectivity index (χ2n) is 3.82. The maximum absolute atomic E-state index is 5.98. The zero-order valence-corrected chi connectivity index (χ0v) is 10.5. The fourth-order valence-corrected chi connectivity index (χ4v) is 7.01. The van der Waals surface area contributed by atoms with Gasteiger partial charge in [-0.1, -0.05) is 6.92 Å². The van der Waals surface area contributed by atoms with Crippen LogP contribution >= 0.6 is 0 Å². The van der Waals surface area contributed by atoms with Crippen LogP contribution < -0.4 is 0 Å². The quantitative estimate of drug-likeness (QED) is 0.637. The van der Waals surface area contributed by atoms with Crippen LogP contribution in [-0.2, 0) is 8.54 Å². The van der Waals surface area contributed by atoms with Gasteiger partial charge in [-0.2, -0.15) is 0 Å². The second kappa shape index (κ2) is 3.84. The maximum Gasteiger partial charge on any atom is 0.321 e. The molecule has 0 amide bonds. The summed E-state index contributed by atoms with van der Waals surface area (Å²) in [5.74, 6) is 0. The third-order valence-electron chi connectivity index (χ3n) is 1.87. The molecule has 0 aliphatic carbocycles. The molecule has 0 spiro atoms.